The largest absolute Gasteiger partial charge is 0.382 e. The van der Waals surface area contributed by atoms with Gasteiger partial charge in [0.05, 0.1) is 19.8 Å². The number of nitrogens with one attached hydrogen (secondary N) is 1. The van der Waals surface area contributed by atoms with Crippen LogP contribution in [0.25, 0.3) is 0 Å². The zero-order valence-electron chi connectivity index (χ0n) is 10.5. The molecule has 0 aromatic carbocycles. The minimum absolute atomic E-state index is 0.617. The van der Waals surface area contributed by atoms with Crippen LogP contribution in [0.15, 0.2) is 6.07 Å². The molecular formula is C12H20N2O2S. The smallest absolute Gasteiger partial charge is 0.129 e. The number of aromatic amines is 1. The van der Waals surface area contributed by atoms with Crippen LogP contribution in [0, 0.1) is 4.64 Å². The van der Waals surface area contributed by atoms with Crippen LogP contribution < -0.4 is 0 Å². The van der Waals surface area contributed by atoms with Crippen LogP contribution >= 0.6 is 12.2 Å². The zero-order valence-corrected chi connectivity index (χ0v) is 11.3. The third-order valence-electron chi connectivity index (χ3n) is 2.28. The number of nitrogens with zero attached hydrogens (tertiary/aromatic N) is 1. The van der Waals surface area contributed by atoms with Crippen LogP contribution in [-0.2, 0) is 22.3 Å². The summed E-state index contributed by atoms with van der Waals surface area (Å²) in [4.78, 5) is 7.57. The van der Waals surface area contributed by atoms with Gasteiger partial charge in [-0.15, -0.1) is 0 Å². The summed E-state index contributed by atoms with van der Waals surface area (Å²) in [6.45, 7) is 4.02. The third-order valence-corrected chi connectivity index (χ3v) is 2.49. The molecule has 1 N–H and O–H groups in total. The maximum Gasteiger partial charge on any atom is 0.129 e. The minimum atomic E-state index is 0.617. The average molecular weight is 256 g/mol. The molecule has 1 aromatic heterocycles. The number of rotatable bonds is 8. The lowest BCUT2D eigenvalue weighted by atomic mass is 10.2. The van der Waals surface area contributed by atoms with Crippen LogP contribution in [0.1, 0.15) is 24.9 Å². The second kappa shape index (κ2) is 8.33. The van der Waals surface area contributed by atoms with E-state index in [9.17, 15) is 0 Å². The van der Waals surface area contributed by atoms with E-state index < -0.39 is 0 Å². The highest BCUT2D eigenvalue weighted by molar-refractivity contribution is 7.71. The van der Waals surface area contributed by atoms with Crippen LogP contribution in [-0.4, -0.2) is 36.9 Å². The summed E-state index contributed by atoms with van der Waals surface area (Å²) in [5.41, 5.74) is 1.15. The highest BCUT2D eigenvalue weighted by Crippen LogP contribution is 2.02. The second-order valence-corrected chi connectivity index (χ2v) is 4.21. The van der Waals surface area contributed by atoms with Crippen molar-refractivity contribution in [3.8, 4) is 0 Å². The van der Waals surface area contributed by atoms with Crippen molar-refractivity contribution in [1.82, 2.24) is 9.97 Å². The van der Waals surface area contributed by atoms with Gasteiger partial charge in [-0.25, -0.2) is 4.98 Å². The molecule has 0 aliphatic rings. The summed E-state index contributed by atoms with van der Waals surface area (Å²) in [5.74, 6) is 0.901. The predicted octanol–water partition coefficient (Wildman–Crippen LogP) is 2.30. The van der Waals surface area contributed by atoms with Crippen LogP contribution in [0.3, 0.4) is 0 Å². The number of methoxy groups -OCH3 is 1. The molecule has 0 unspecified atom stereocenters. The van der Waals surface area contributed by atoms with E-state index in [1.807, 2.05) is 6.07 Å². The summed E-state index contributed by atoms with van der Waals surface area (Å²) >= 11 is 5.13. The van der Waals surface area contributed by atoms with E-state index in [-0.39, 0.29) is 0 Å². The fourth-order valence-electron chi connectivity index (χ4n) is 1.50. The number of hydrogen-bond donors (Lipinski definition) is 1. The maximum absolute atomic E-state index is 5.40. The van der Waals surface area contributed by atoms with Gasteiger partial charge in [-0.05, 0) is 12.5 Å². The maximum atomic E-state index is 5.40. The molecule has 5 heteroatoms. The summed E-state index contributed by atoms with van der Waals surface area (Å²) in [5, 5.41) is 0. The number of aryl methyl sites for hydroxylation is 1. The molecular weight excluding hydrogens is 236 g/mol. The van der Waals surface area contributed by atoms with Crippen molar-refractivity contribution in [1.29, 1.82) is 0 Å². The normalized spacial score (nSPS) is 10.7. The van der Waals surface area contributed by atoms with Crippen molar-refractivity contribution >= 4 is 12.2 Å². The molecule has 96 valence electrons. The number of hydrogen-bond acceptors (Lipinski definition) is 4. The summed E-state index contributed by atoms with van der Waals surface area (Å²) in [6, 6.07) is 1.92. The van der Waals surface area contributed by atoms with Crippen LogP contribution in [0.2, 0.25) is 0 Å². The molecule has 1 aromatic rings. The van der Waals surface area contributed by atoms with Gasteiger partial charge in [0.25, 0.3) is 0 Å². The van der Waals surface area contributed by atoms with E-state index in [1.165, 1.54) is 0 Å². The Labute approximate surface area is 107 Å². The Morgan fingerprint density at radius 2 is 2.12 bits per heavy atom. The highest BCUT2D eigenvalue weighted by Gasteiger charge is 1.99. The van der Waals surface area contributed by atoms with Gasteiger partial charge >= 0.3 is 0 Å². The van der Waals surface area contributed by atoms with Crippen molar-refractivity contribution < 1.29 is 9.47 Å². The fraction of sp³-hybridized carbons (Fsp3) is 0.667. The van der Waals surface area contributed by atoms with E-state index in [0.29, 0.717) is 24.5 Å². The van der Waals surface area contributed by atoms with Crippen molar-refractivity contribution in [3.63, 3.8) is 0 Å². The topological polar surface area (TPSA) is 47.1 Å². The lowest BCUT2D eigenvalue weighted by molar-refractivity contribution is 0.0716. The molecule has 0 saturated heterocycles. The van der Waals surface area contributed by atoms with Crippen LogP contribution in [0.4, 0.5) is 0 Å². The first kappa shape index (κ1) is 14.3. The van der Waals surface area contributed by atoms with Crippen LogP contribution in [0.5, 0.6) is 0 Å². The highest BCUT2D eigenvalue weighted by atomic mass is 32.1. The van der Waals surface area contributed by atoms with Gasteiger partial charge in [0, 0.05) is 19.2 Å². The summed E-state index contributed by atoms with van der Waals surface area (Å²) in [7, 11) is 1.66. The van der Waals surface area contributed by atoms with Crippen molar-refractivity contribution in [2.75, 3.05) is 26.9 Å². The van der Waals surface area contributed by atoms with Gasteiger partial charge in [0.1, 0.15) is 10.5 Å². The molecule has 0 amide bonds. The monoisotopic (exact) mass is 256 g/mol. The van der Waals surface area contributed by atoms with Gasteiger partial charge in [-0.3, -0.25) is 0 Å². The summed E-state index contributed by atoms with van der Waals surface area (Å²) < 4.78 is 10.9. The summed E-state index contributed by atoms with van der Waals surface area (Å²) in [6.07, 6.45) is 2.85. The second-order valence-electron chi connectivity index (χ2n) is 3.80. The van der Waals surface area contributed by atoms with E-state index in [1.54, 1.807) is 7.11 Å². The molecule has 17 heavy (non-hydrogen) atoms. The van der Waals surface area contributed by atoms with Crippen molar-refractivity contribution in [2.45, 2.75) is 26.2 Å². The molecule has 0 aliphatic heterocycles. The quantitative estimate of drug-likeness (QED) is 0.572. The standard InChI is InChI=1S/C12H20N2O2S/c1-3-4-10-9-12(17)14-11(13-10)5-6-16-8-7-15-2/h9H,3-8H2,1-2H3,(H,13,14,17). The van der Waals surface area contributed by atoms with E-state index in [0.717, 1.165) is 30.8 Å². The van der Waals surface area contributed by atoms with Crippen molar-refractivity contribution in [3.05, 3.63) is 22.2 Å². The number of aromatic nitrogens is 2. The Morgan fingerprint density at radius 1 is 1.29 bits per heavy atom. The molecule has 0 radical (unpaired) electrons. The molecule has 0 fully saturated rings. The van der Waals surface area contributed by atoms with Gasteiger partial charge in [-0.2, -0.15) is 0 Å². The molecule has 1 rings (SSSR count). The average Bonchev–Trinajstić information content (AvgIpc) is 2.28. The Balaban J connectivity index is 2.44. The first-order valence-corrected chi connectivity index (χ1v) is 6.33. The van der Waals surface area contributed by atoms with Gasteiger partial charge in [0.15, 0.2) is 0 Å². The van der Waals surface area contributed by atoms with Crippen molar-refractivity contribution in [2.24, 2.45) is 0 Å². The Morgan fingerprint density at radius 3 is 2.82 bits per heavy atom. The molecule has 0 bridgehead atoms. The Kier molecular flexibility index (Phi) is 7.00. The third kappa shape index (κ3) is 5.91. The predicted molar refractivity (Wildman–Crippen MR) is 69.8 cm³/mol. The van der Waals surface area contributed by atoms with E-state index in [4.69, 9.17) is 21.7 Å². The Bertz CT molecular complexity index is 379. The minimum Gasteiger partial charge on any atom is -0.382 e. The van der Waals surface area contributed by atoms with E-state index in [2.05, 4.69) is 16.9 Å². The molecule has 0 atom stereocenters. The number of ether oxygens (including phenoxy) is 2. The molecule has 0 aliphatic carbocycles. The SMILES string of the molecule is CCCc1cc(=S)nc(CCOCCOC)[nH]1. The van der Waals surface area contributed by atoms with E-state index >= 15 is 0 Å². The lowest BCUT2D eigenvalue weighted by Crippen LogP contribution is -2.08. The first-order chi connectivity index (χ1) is 8.26. The lowest BCUT2D eigenvalue weighted by Gasteiger charge is -2.06. The first-order valence-electron chi connectivity index (χ1n) is 5.92. The zero-order chi connectivity index (χ0) is 12.5. The molecule has 0 spiro atoms. The van der Waals surface area contributed by atoms with Gasteiger partial charge < -0.3 is 14.5 Å². The molecule has 1 heterocycles. The Hall–Kier alpha value is -0.780. The number of H-pyrrole nitrogens is 1. The van der Waals surface area contributed by atoms with Gasteiger partial charge in [-0.1, -0.05) is 25.6 Å². The van der Waals surface area contributed by atoms with Gasteiger partial charge in [0.2, 0.25) is 0 Å². The fourth-order valence-corrected chi connectivity index (χ4v) is 1.75. The molecule has 4 nitrogen and oxygen atoms in total. The molecule has 0 saturated carbocycles.